The summed E-state index contributed by atoms with van der Waals surface area (Å²) in [5.74, 6) is -0.134. The molecule has 0 bridgehead atoms. The van der Waals surface area contributed by atoms with Crippen LogP contribution in [0.4, 0.5) is 0 Å². The molecule has 0 N–H and O–H groups in total. The van der Waals surface area contributed by atoms with Crippen molar-refractivity contribution in [2.24, 2.45) is 0 Å². The Balaban J connectivity index is 1.53. The topological polar surface area (TPSA) is 116 Å². The Labute approximate surface area is 177 Å². The number of hydrogen-bond donors (Lipinski definition) is 0. The molecule has 1 fully saturated rings. The van der Waals surface area contributed by atoms with Gasteiger partial charge >= 0.3 is 0 Å². The second-order valence-corrected chi connectivity index (χ2v) is 7.58. The van der Waals surface area contributed by atoms with Crippen molar-refractivity contribution in [3.63, 3.8) is 0 Å². The summed E-state index contributed by atoms with van der Waals surface area (Å²) in [5.41, 5.74) is 4.47. The predicted molar refractivity (Wildman–Crippen MR) is 112 cm³/mol. The van der Waals surface area contributed by atoms with E-state index in [9.17, 15) is 10.1 Å². The van der Waals surface area contributed by atoms with E-state index in [-0.39, 0.29) is 18.4 Å². The lowest BCUT2D eigenvalue weighted by Crippen LogP contribution is -2.40. The van der Waals surface area contributed by atoms with Crippen LogP contribution in [0.1, 0.15) is 30.9 Å². The van der Waals surface area contributed by atoms with Gasteiger partial charge in [0.05, 0.1) is 47.5 Å². The van der Waals surface area contributed by atoms with Gasteiger partial charge in [0.25, 0.3) is 0 Å². The van der Waals surface area contributed by atoms with E-state index in [1.54, 1.807) is 40.3 Å². The maximum Gasteiger partial charge on any atom is 0.236 e. The third-order valence-corrected chi connectivity index (χ3v) is 5.72. The fraction of sp³-hybridized carbons (Fsp3) is 0.273. The van der Waals surface area contributed by atoms with Crippen LogP contribution >= 0.6 is 0 Å². The number of nitrogens with zero attached hydrogens (tertiary/aromatic N) is 8. The number of amides is 1. The van der Waals surface area contributed by atoms with E-state index >= 15 is 0 Å². The molecular weight excluding hydrogens is 392 g/mol. The Morgan fingerprint density at radius 2 is 2.16 bits per heavy atom. The number of rotatable bonds is 3. The summed E-state index contributed by atoms with van der Waals surface area (Å²) in [7, 11) is 0. The van der Waals surface area contributed by atoms with Crippen molar-refractivity contribution < 1.29 is 4.79 Å². The summed E-state index contributed by atoms with van der Waals surface area (Å²) in [5, 5.41) is 22.4. The molecular formula is C22H18N8O. The number of carbonyl (C=O) groups excluding carboxylic acids is 1. The Kier molecular flexibility index (Phi) is 4.57. The van der Waals surface area contributed by atoms with Gasteiger partial charge in [-0.15, -0.1) is 0 Å². The number of piperidine rings is 1. The summed E-state index contributed by atoms with van der Waals surface area (Å²) >= 11 is 0. The van der Waals surface area contributed by atoms with E-state index in [0.717, 1.165) is 40.8 Å². The molecule has 9 heteroatoms. The van der Waals surface area contributed by atoms with E-state index in [4.69, 9.17) is 10.2 Å². The Hall–Kier alpha value is -4.24. The van der Waals surface area contributed by atoms with Gasteiger partial charge in [0.1, 0.15) is 11.9 Å². The Morgan fingerprint density at radius 1 is 1.26 bits per heavy atom. The molecule has 31 heavy (non-hydrogen) atoms. The third kappa shape index (κ3) is 3.26. The van der Waals surface area contributed by atoms with Crippen LogP contribution in [-0.4, -0.2) is 48.0 Å². The molecule has 0 aliphatic carbocycles. The maximum absolute atomic E-state index is 12.2. The lowest BCUT2D eigenvalue weighted by Gasteiger charge is -2.33. The second kappa shape index (κ2) is 7.54. The first-order valence-corrected chi connectivity index (χ1v) is 10.0. The van der Waals surface area contributed by atoms with Gasteiger partial charge < -0.3 is 9.47 Å². The second-order valence-electron chi connectivity index (χ2n) is 7.58. The monoisotopic (exact) mass is 410 g/mol. The standard InChI is InChI=1S/C22H18N8O/c23-7-5-21(31)28-8-1-2-16(13-28)29-14-25-19-4-3-18(27-22(19)29)17-12-26-30-9-6-15(11-24)10-20(17)30/h3-4,6,9-10,12,14,16H,1-2,5,8,13H2/t16-/m0/s1. The number of nitriles is 2. The van der Waals surface area contributed by atoms with Crippen molar-refractivity contribution in [1.29, 1.82) is 10.5 Å². The Bertz CT molecular complexity index is 1390. The molecule has 1 amide bonds. The molecule has 152 valence electrons. The van der Waals surface area contributed by atoms with E-state index in [1.807, 2.05) is 22.8 Å². The normalized spacial score (nSPS) is 16.3. The van der Waals surface area contributed by atoms with Crippen molar-refractivity contribution in [3.05, 3.63) is 48.5 Å². The zero-order chi connectivity index (χ0) is 21.4. The quantitative estimate of drug-likeness (QED) is 0.513. The SMILES string of the molecule is N#CCC(=O)N1CCC[C@H](n2cnc3ccc(-c4cnn5ccc(C#N)cc45)nc32)C1. The summed E-state index contributed by atoms with van der Waals surface area (Å²) in [6.07, 6.45) is 6.96. The summed E-state index contributed by atoms with van der Waals surface area (Å²) < 4.78 is 3.75. The lowest BCUT2D eigenvalue weighted by molar-refractivity contribution is -0.131. The number of aromatic nitrogens is 5. The van der Waals surface area contributed by atoms with Crippen LogP contribution in [0.15, 0.2) is 43.0 Å². The van der Waals surface area contributed by atoms with E-state index < -0.39 is 0 Å². The van der Waals surface area contributed by atoms with Crippen molar-refractivity contribution in [2.45, 2.75) is 25.3 Å². The van der Waals surface area contributed by atoms with Gasteiger partial charge in [-0.3, -0.25) is 4.79 Å². The molecule has 5 heterocycles. The first kappa shape index (κ1) is 18.8. The molecule has 1 aliphatic rings. The van der Waals surface area contributed by atoms with Crippen LogP contribution in [0.25, 0.3) is 27.9 Å². The lowest BCUT2D eigenvalue weighted by atomic mass is 10.1. The highest BCUT2D eigenvalue weighted by Crippen LogP contribution is 2.29. The van der Waals surface area contributed by atoms with Gasteiger partial charge in [-0.25, -0.2) is 14.5 Å². The van der Waals surface area contributed by atoms with Crippen LogP contribution in [0.5, 0.6) is 0 Å². The molecule has 5 rings (SSSR count). The first-order chi connectivity index (χ1) is 15.2. The van der Waals surface area contributed by atoms with Crippen LogP contribution in [0.2, 0.25) is 0 Å². The number of fused-ring (bicyclic) bond motifs is 2. The number of imidazole rings is 1. The molecule has 4 aromatic heterocycles. The number of likely N-dealkylation sites (tertiary alicyclic amines) is 1. The highest BCUT2D eigenvalue weighted by Gasteiger charge is 2.26. The summed E-state index contributed by atoms with van der Waals surface area (Å²) in [4.78, 5) is 23.3. The minimum absolute atomic E-state index is 0.0539. The highest BCUT2D eigenvalue weighted by molar-refractivity contribution is 5.83. The molecule has 0 unspecified atom stereocenters. The summed E-state index contributed by atoms with van der Waals surface area (Å²) in [6, 6.07) is 11.5. The average Bonchev–Trinajstić information content (AvgIpc) is 3.42. The van der Waals surface area contributed by atoms with Gasteiger partial charge in [0, 0.05) is 24.8 Å². The van der Waals surface area contributed by atoms with Gasteiger partial charge in [-0.1, -0.05) is 0 Å². The van der Waals surface area contributed by atoms with E-state index in [1.165, 1.54) is 0 Å². The molecule has 1 atom stereocenters. The molecule has 4 aromatic rings. The van der Waals surface area contributed by atoms with Crippen molar-refractivity contribution in [1.82, 2.24) is 29.0 Å². The van der Waals surface area contributed by atoms with Crippen LogP contribution < -0.4 is 0 Å². The number of pyridine rings is 2. The van der Waals surface area contributed by atoms with Gasteiger partial charge in [0.15, 0.2) is 5.65 Å². The maximum atomic E-state index is 12.2. The third-order valence-electron chi connectivity index (χ3n) is 5.72. The molecule has 9 nitrogen and oxygen atoms in total. The van der Waals surface area contributed by atoms with Gasteiger partial charge in [0.2, 0.25) is 5.91 Å². The van der Waals surface area contributed by atoms with Crippen LogP contribution in [0.3, 0.4) is 0 Å². The molecule has 0 spiro atoms. The average molecular weight is 410 g/mol. The molecule has 0 radical (unpaired) electrons. The predicted octanol–water partition coefficient (Wildman–Crippen LogP) is 2.69. The zero-order valence-corrected chi connectivity index (χ0v) is 16.6. The molecule has 0 saturated carbocycles. The minimum atomic E-state index is -0.134. The zero-order valence-electron chi connectivity index (χ0n) is 16.6. The van der Waals surface area contributed by atoms with Gasteiger partial charge in [-0.05, 0) is 37.1 Å². The first-order valence-electron chi connectivity index (χ1n) is 10.0. The van der Waals surface area contributed by atoms with Gasteiger partial charge in [-0.2, -0.15) is 15.6 Å². The largest absolute Gasteiger partial charge is 0.340 e. The van der Waals surface area contributed by atoms with E-state index in [0.29, 0.717) is 18.7 Å². The van der Waals surface area contributed by atoms with Crippen LogP contribution in [-0.2, 0) is 4.79 Å². The summed E-state index contributed by atoms with van der Waals surface area (Å²) in [6.45, 7) is 1.21. The smallest absolute Gasteiger partial charge is 0.236 e. The van der Waals surface area contributed by atoms with Crippen molar-refractivity contribution in [3.8, 4) is 23.4 Å². The fourth-order valence-corrected chi connectivity index (χ4v) is 4.16. The minimum Gasteiger partial charge on any atom is -0.340 e. The number of hydrogen-bond acceptors (Lipinski definition) is 6. The fourth-order valence-electron chi connectivity index (χ4n) is 4.16. The van der Waals surface area contributed by atoms with Crippen molar-refractivity contribution >= 4 is 22.6 Å². The molecule has 1 aliphatic heterocycles. The van der Waals surface area contributed by atoms with Crippen molar-refractivity contribution in [2.75, 3.05) is 13.1 Å². The molecule has 1 saturated heterocycles. The van der Waals surface area contributed by atoms with E-state index in [2.05, 4.69) is 16.2 Å². The Morgan fingerprint density at radius 3 is 3.00 bits per heavy atom. The number of carbonyl (C=O) groups is 1. The van der Waals surface area contributed by atoms with Crippen LogP contribution in [0, 0.1) is 22.7 Å². The highest BCUT2D eigenvalue weighted by atomic mass is 16.2. The molecule has 0 aromatic carbocycles.